The second-order valence-corrected chi connectivity index (χ2v) is 8.44. The molecular formula is C21H24FN3OS. The number of rotatable bonds is 4. The highest BCUT2D eigenvalue weighted by molar-refractivity contribution is 7.20. The summed E-state index contributed by atoms with van der Waals surface area (Å²) >= 11 is 1.50. The number of amides is 1. The van der Waals surface area contributed by atoms with Crippen LogP contribution < -0.4 is 0 Å². The standard InChI is InChI=1S/C21H24FN3OS/c1-14-18-12-19(20(26)24(2)17-6-4-3-5-7-17)27-21(18)25(23-14)13-15-8-10-16(22)11-9-15/h8-12,17H,3-7,13H2,1-2H3. The number of thiophene rings is 1. The lowest BCUT2D eigenvalue weighted by atomic mass is 9.94. The van der Waals surface area contributed by atoms with E-state index < -0.39 is 0 Å². The van der Waals surface area contributed by atoms with E-state index in [9.17, 15) is 9.18 Å². The fourth-order valence-electron chi connectivity index (χ4n) is 3.90. The van der Waals surface area contributed by atoms with Gasteiger partial charge in [-0.05, 0) is 43.5 Å². The molecule has 0 N–H and O–H groups in total. The van der Waals surface area contributed by atoms with Gasteiger partial charge in [0.1, 0.15) is 10.6 Å². The van der Waals surface area contributed by atoms with Crippen molar-refractivity contribution < 1.29 is 9.18 Å². The van der Waals surface area contributed by atoms with Crippen molar-refractivity contribution in [2.24, 2.45) is 0 Å². The van der Waals surface area contributed by atoms with Gasteiger partial charge < -0.3 is 4.90 Å². The minimum Gasteiger partial charge on any atom is -0.338 e. The second-order valence-electron chi connectivity index (χ2n) is 7.41. The van der Waals surface area contributed by atoms with Gasteiger partial charge >= 0.3 is 0 Å². The first-order chi connectivity index (χ1) is 13.0. The number of halogens is 1. The van der Waals surface area contributed by atoms with Crippen molar-refractivity contribution in [1.29, 1.82) is 0 Å². The summed E-state index contributed by atoms with van der Waals surface area (Å²) in [5.41, 5.74) is 1.91. The number of hydrogen-bond donors (Lipinski definition) is 0. The van der Waals surface area contributed by atoms with E-state index in [1.807, 2.05) is 29.6 Å². The van der Waals surface area contributed by atoms with Gasteiger partial charge in [-0.15, -0.1) is 11.3 Å². The van der Waals surface area contributed by atoms with Crippen molar-refractivity contribution in [3.05, 3.63) is 52.3 Å². The van der Waals surface area contributed by atoms with Crippen molar-refractivity contribution in [3.8, 4) is 0 Å². The molecule has 27 heavy (non-hydrogen) atoms. The average molecular weight is 386 g/mol. The van der Waals surface area contributed by atoms with Gasteiger partial charge in [0.05, 0.1) is 17.1 Å². The lowest BCUT2D eigenvalue weighted by Gasteiger charge is -2.30. The molecule has 4 rings (SSSR count). The molecule has 4 nitrogen and oxygen atoms in total. The van der Waals surface area contributed by atoms with Crippen LogP contribution in [0.1, 0.15) is 53.0 Å². The first-order valence-electron chi connectivity index (χ1n) is 9.51. The van der Waals surface area contributed by atoms with Crippen LogP contribution in [0.15, 0.2) is 30.3 Å². The third-order valence-electron chi connectivity index (χ3n) is 5.51. The van der Waals surface area contributed by atoms with Gasteiger partial charge in [-0.25, -0.2) is 4.39 Å². The summed E-state index contributed by atoms with van der Waals surface area (Å²) < 4.78 is 15.1. The number of aromatic nitrogens is 2. The van der Waals surface area contributed by atoms with E-state index in [1.54, 1.807) is 12.1 Å². The second kappa shape index (κ2) is 7.43. The number of hydrogen-bond acceptors (Lipinski definition) is 3. The molecule has 0 unspecified atom stereocenters. The van der Waals surface area contributed by atoms with E-state index in [0.717, 1.165) is 39.2 Å². The smallest absolute Gasteiger partial charge is 0.264 e. The van der Waals surface area contributed by atoms with E-state index in [-0.39, 0.29) is 11.7 Å². The summed E-state index contributed by atoms with van der Waals surface area (Å²) in [5.74, 6) is -0.133. The van der Waals surface area contributed by atoms with Gasteiger partial charge in [-0.3, -0.25) is 9.48 Å². The van der Waals surface area contributed by atoms with E-state index in [1.165, 1.54) is 42.7 Å². The van der Waals surface area contributed by atoms with Crippen LogP contribution in [-0.4, -0.2) is 33.7 Å². The Morgan fingerprint density at radius 1 is 1.26 bits per heavy atom. The summed E-state index contributed by atoms with van der Waals surface area (Å²) in [5, 5.41) is 5.64. The molecule has 1 aliphatic rings. The van der Waals surface area contributed by atoms with Crippen molar-refractivity contribution in [2.75, 3.05) is 7.05 Å². The van der Waals surface area contributed by atoms with Crippen molar-refractivity contribution >= 4 is 27.5 Å². The molecule has 6 heteroatoms. The number of benzene rings is 1. The van der Waals surface area contributed by atoms with Crippen LogP contribution in [0.25, 0.3) is 10.2 Å². The Morgan fingerprint density at radius 3 is 2.67 bits per heavy atom. The molecule has 1 aromatic carbocycles. The normalized spacial score (nSPS) is 15.4. The molecule has 1 saturated carbocycles. The van der Waals surface area contributed by atoms with E-state index in [4.69, 9.17) is 0 Å². The Kier molecular flexibility index (Phi) is 5.00. The number of carbonyl (C=O) groups is 1. The zero-order chi connectivity index (χ0) is 19.0. The Balaban J connectivity index is 1.60. The van der Waals surface area contributed by atoms with Crippen molar-refractivity contribution in [3.63, 3.8) is 0 Å². The van der Waals surface area contributed by atoms with Crippen LogP contribution >= 0.6 is 11.3 Å². The first kappa shape index (κ1) is 18.2. The summed E-state index contributed by atoms with van der Waals surface area (Å²) in [6.45, 7) is 2.53. The molecule has 142 valence electrons. The molecule has 1 aliphatic carbocycles. The fourth-order valence-corrected chi connectivity index (χ4v) is 5.04. The molecule has 0 bridgehead atoms. The molecular weight excluding hydrogens is 361 g/mol. The lowest BCUT2D eigenvalue weighted by molar-refractivity contribution is 0.0701. The third-order valence-corrected chi connectivity index (χ3v) is 6.64. The Morgan fingerprint density at radius 2 is 1.96 bits per heavy atom. The first-order valence-corrected chi connectivity index (χ1v) is 10.3. The van der Waals surface area contributed by atoms with Gasteiger partial charge in [0.15, 0.2) is 0 Å². The topological polar surface area (TPSA) is 38.1 Å². The monoisotopic (exact) mass is 385 g/mol. The van der Waals surface area contributed by atoms with E-state index in [0.29, 0.717) is 12.6 Å². The quantitative estimate of drug-likeness (QED) is 0.634. The van der Waals surface area contributed by atoms with Gasteiger partial charge in [0.2, 0.25) is 0 Å². The zero-order valence-electron chi connectivity index (χ0n) is 15.7. The lowest BCUT2D eigenvalue weighted by Crippen LogP contribution is -2.37. The molecule has 0 aliphatic heterocycles. The van der Waals surface area contributed by atoms with Crippen LogP contribution in [0.4, 0.5) is 4.39 Å². The van der Waals surface area contributed by atoms with E-state index >= 15 is 0 Å². The molecule has 2 heterocycles. The summed E-state index contributed by atoms with van der Waals surface area (Å²) in [4.78, 5) is 16.7. The van der Waals surface area contributed by atoms with Gasteiger partial charge in [-0.2, -0.15) is 5.10 Å². The SMILES string of the molecule is Cc1nn(Cc2ccc(F)cc2)c2sc(C(=O)N(C)C3CCCCC3)cc12. The molecule has 3 aromatic rings. The number of aryl methyl sites for hydroxylation is 1. The van der Waals surface area contributed by atoms with Gasteiger partial charge in [-0.1, -0.05) is 31.4 Å². The maximum Gasteiger partial charge on any atom is 0.264 e. The van der Waals surface area contributed by atoms with E-state index in [2.05, 4.69) is 5.10 Å². The Bertz CT molecular complexity index is 954. The average Bonchev–Trinajstić information content (AvgIpc) is 3.24. The van der Waals surface area contributed by atoms with Gasteiger partial charge in [0, 0.05) is 18.5 Å². The Labute approximate surface area is 162 Å². The molecule has 1 fully saturated rings. The van der Waals surface area contributed by atoms with Crippen molar-refractivity contribution in [1.82, 2.24) is 14.7 Å². The summed E-state index contributed by atoms with van der Waals surface area (Å²) in [7, 11) is 1.93. The maximum absolute atomic E-state index is 13.1. The van der Waals surface area contributed by atoms with Crippen LogP contribution in [-0.2, 0) is 6.54 Å². The zero-order valence-corrected chi connectivity index (χ0v) is 16.6. The minimum absolute atomic E-state index is 0.107. The van der Waals surface area contributed by atoms with Crippen LogP contribution in [0.2, 0.25) is 0 Å². The summed E-state index contributed by atoms with van der Waals surface area (Å²) in [6.07, 6.45) is 5.90. The highest BCUT2D eigenvalue weighted by Gasteiger charge is 2.25. The van der Waals surface area contributed by atoms with Crippen LogP contribution in [0.3, 0.4) is 0 Å². The molecule has 2 aromatic heterocycles. The molecule has 0 saturated heterocycles. The van der Waals surface area contributed by atoms with Gasteiger partial charge in [0.25, 0.3) is 5.91 Å². The number of carbonyl (C=O) groups excluding carboxylic acids is 1. The van der Waals surface area contributed by atoms with Crippen LogP contribution in [0, 0.1) is 12.7 Å². The fraction of sp³-hybridized carbons (Fsp3) is 0.429. The predicted molar refractivity (Wildman–Crippen MR) is 107 cm³/mol. The molecule has 0 radical (unpaired) electrons. The van der Waals surface area contributed by atoms with Crippen molar-refractivity contribution in [2.45, 2.75) is 51.6 Å². The number of nitrogens with zero attached hydrogens (tertiary/aromatic N) is 3. The molecule has 0 spiro atoms. The molecule has 0 atom stereocenters. The Hall–Kier alpha value is -2.21. The third kappa shape index (κ3) is 3.63. The number of fused-ring (bicyclic) bond motifs is 1. The maximum atomic E-state index is 13.1. The summed E-state index contributed by atoms with van der Waals surface area (Å²) in [6, 6.07) is 8.80. The predicted octanol–water partition coefficient (Wildman–Crippen LogP) is 5.00. The van der Waals surface area contributed by atoms with Crippen LogP contribution in [0.5, 0.6) is 0 Å². The molecule has 1 amide bonds. The highest BCUT2D eigenvalue weighted by Crippen LogP contribution is 2.31. The highest BCUT2D eigenvalue weighted by atomic mass is 32.1. The minimum atomic E-state index is -0.240. The largest absolute Gasteiger partial charge is 0.338 e.